The molecule has 0 radical (unpaired) electrons. The van der Waals surface area contributed by atoms with Gasteiger partial charge in [0.1, 0.15) is 5.52 Å². The molecule has 8 heteroatoms. The number of hydrogen-bond acceptors (Lipinski definition) is 6. The second kappa shape index (κ2) is 5.74. The highest BCUT2D eigenvalue weighted by atomic mass is 16.5. The van der Waals surface area contributed by atoms with Crippen LogP contribution in [0.4, 0.5) is 0 Å². The molecule has 0 aromatic carbocycles. The van der Waals surface area contributed by atoms with Crippen molar-refractivity contribution in [2.45, 2.75) is 25.5 Å². The molecule has 0 spiro atoms. The van der Waals surface area contributed by atoms with Crippen molar-refractivity contribution in [1.82, 2.24) is 25.3 Å². The normalized spacial score (nSPS) is 20.7. The van der Waals surface area contributed by atoms with Crippen molar-refractivity contribution in [1.29, 1.82) is 0 Å². The van der Waals surface area contributed by atoms with Gasteiger partial charge in [0.25, 0.3) is 5.91 Å². The van der Waals surface area contributed by atoms with Crippen molar-refractivity contribution in [3.63, 3.8) is 0 Å². The second-order valence-electron chi connectivity index (χ2n) is 5.17. The van der Waals surface area contributed by atoms with Crippen molar-refractivity contribution in [3.8, 4) is 0 Å². The van der Waals surface area contributed by atoms with Crippen LogP contribution in [0, 0.1) is 0 Å². The fraction of sp³-hybridized carbons (Fsp3) is 0.538. The van der Waals surface area contributed by atoms with Crippen LogP contribution in [0.1, 0.15) is 23.7 Å². The Bertz CT molecular complexity index is 642. The lowest BCUT2D eigenvalue weighted by atomic mass is 10.1. The van der Waals surface area contributed by atoms with Gasteiger partial charge >= 0.3 is 0 Å². The van der Waals surface area contributed by atoms with Gasteiger partial charge in [-0.3, -0.25) is 4.79 Å². The SMILES string of the molecule is CC(O)CC1COCCN1C(=O)c1ccnc2n[nH]nc12. The molecule has 112 valence electrons. The van der Waals surface area contributed by atoms with Gasteiger partial charge in [-0.1, -0.05) is 0 Å². The number of nitrogens with zero attached hydrogens (tertiary/aromatic N) is 4. The van der Waals surface area contributed by atoms with Gasteiger partial charge in [0.05, 0.1) is 30.9 Å². The topological polar surface area (TPSA) is 104 Å². The summed E-state index contributed by atoms with van der Waals surface area (Å²) in [6.45, 7) is 3.14. The molecule has 0 aliphatic carbocycles. The first-order valence-corrected chi connectivity index (χ1v) is 6.89. The molecule has 1 amide bonds. The third-order valence-electron chi connectivity index (χ3n) is 3.55. The largest absolute Gasteiger partial charge is 0.393 e. The van der Waals surface area contributed by atoms with E-state index >= 15 is 0 Å². The molecule has 3 heterocycles. The number of aromatic amines is 1. The lowest BCUT2D eigenvalue weighted by Crippen LogP contribution is -2.49. The van der Waals surface area contributed by atoms with E-state index in [0.717, 1.165) is 0 Å². The number of morpholine rings is 1. The van der Waals surface area contributed by atoms with Crippen LogP contribution in [0.15, 0.2) is 12.3 Å². The van der Waals surface area contributed by atoms with Crippen molar-refractivity contribution >= 4 is 17.1 Å². The number of carbonyl (C=O) groups excluding carboxylic acids is 1. The number of aliphatic hydroxyl groups is 1. The molecule has 2 aromatic rings. The number of carbonyl (C=O) groups is 1. The summed E-state index contributed by atoms with van der Waals surface area (Å²) < 4.78 is 5.42. The fourth-order valence-corrected chi connectivity index (χ4v) is 2.60. The fourth-order valence-electron chi connectivity index (χ4n) is 2.60. The molecule has 3 rings (SSSR count). The second-order valence-corrected chi connectivity index (χ2v) is 5.17. The maximum Gasteiger partial charge on any atom is 0.256 e. The van der Waals surface area contributed by atoms with E-state index in [1.165, 1.54) is 0 Å². The summed E-state index contributed by atoms with van der Waals surface area (Å²) in [5.74, 6) is -0.134. The summed E-state index contributed by atoms with van der Waals surface area (Å²) in [6, 6.07) is 1.50. The molecule has 1 saturated heterocycles. The first kappa shape index (κ1) is 13.9. The maximum atomic E-state index is 12.8. The van der Waals surface area contributed by atoms with Gasteiger partial charge in [0, 0.05) is 12.7 Å². The summed E-state index contributed by atoms with van der Waals surface area (Å²) in [5.41, 5.74) is 1.34. The van der Waals surface area contributed by atoms with Gasteiger partial charge in [0.2, 0.25) is 5.65 Å². The zero-order chi connectivity index (χ0) is 14.8. The van der Waals surface area contributed by atoms with Gasteiger partial charge in [-0.25, -0.2) is 4.98 Å². The molecule has 21 heavy (non-hydrogen) atoms. The number of H-pyrrole nitrogens is 1. The van der Waals surface area contributed by atoms with Crippen LogP contribution >= 0.6 is 0 Å². The monoisotopic (exact) mass is 291 g/mol. The summed E-state index contributed by atoms with van der Waals surface area (Å²) in [4.78, 5) is 18.6. The average Bonchev–Trinajstić information content (AvgIpc) is 2.95. The molecule has 0 bridgehead atoms. The van der Waals surface area contributed by atoms with Gasteiger partial charge in [-0.15, -0.1) is 5.10 Å². The van der Waals surface area contributed by atoms with Crippen molar-refractivity contribution in [2.75, 3.05) is 19.8 Å². The van der Waals surface area contributed by atoms with E-state index < -0.39 is 6.10 Å². The minimum Gasteiger partial charge on any atom is -0.393 e. The van der Waals surface area contributed by atoms with E-state index in [4.69, 9.17) is 4.74 Å². The molecule has 2 aromatic heterocycles. The van der Waals surface area contributed by atoms with Crippen LogP contribution in [0.3, 0.4) is 0 Å². The third-order valence-corrected chi connectivity index (χ3v) is 3.55. The zero-order valence-corrected chi connectivity index (χ0v) is 11.7. The lowest BCUT2D eigenvalue weighted by molar-refractivity contribution is -0.0151. The number of hydrogen-bond donors (Lipinski definition) is 2. The zero-order valence-electron chi connectivity index (χ0n) is 11.7. The van der Waals surface area contributed by atoms with E-state index in [1.54, 1.807) is 24.1 Å². The molecule has 2 unspecified atom stereocenters. The van der Waals surface area contributed by atoms with Crippen LogP contribution in [-0.4, -0.2) is 68.2 Å². The minimum absolute atomic E-state index is 0.134. The number of aliphatic hydroxyl groups excluding tert-OH is 1. The molecule has 8 nitrogen and oxygen atoms in total. The van der Waals surface area contributed by atoms with Crippen LogP contribution in [0.2, 0.25) is 0 Å². The van der Waals surface area contributed by atoms with Gasteiger partial charge in [0.15, 0.2) is 0 Å². The maximum absolute atomic E-state index is 12.8. The molecule has 1 aliphatic heterocycles. The number of pyridine rings is 1. The van der Waals surface area contributed by atoms with Crippen molar-refractivity contribution in [3.05, 3.63) is 17.8 Å². The summed E-state index contributed by atoms with van der Waals surface area (Å²) >= 11 is 0. The first-order chi connectivity index (χ1) is 10.2. The Balaban J connectivity index is 1.90. The third kappa shape index (κ3) is 2.72. The highest BCUT2D eigenvalue weighted by Gasteiger charge is 2.30. The van der Waals surface area contributed by atoms with E-state index in [-0.39, 0.29) is 11.9 Å². The summed E-state index contributed by atoms with van der Waals surface area (Å²) in [5, 5.41) is 19.9. The predicted octanol–water partition coefficient (Wildman–Crippen LogP) is -0.0352. The Morgan fingerprint density at radius 3 is 3.29 bits per heavy atom. The molecule has 2 N–H and O–H groups in total. The van der Waals surface area contributed by atoms with Crippen LogP contribution in [0.5, 0.6) is 0 Å². The van der Waals surface area contributed by atoms with Gasteiger partial charge in [-0.2, -0.15) is 10.3 Å². The Hall–Kier alpha value is -2.06. The highest BCUT2D eigenvalue weighted by molar-refractivity contribution is 6.03. The Labute approximate surface area is 121 Å². The van der Waals surface area contributed by atoms with Crippen LogP contribution < -0.4 is 0 Å². The number of ether oxygens (including phenoxy) is 1. The Morgan fingerprint density at radius 1 is 1.62 bits per heavy atom. The number of aromatic nitrogens is 4. The Kier molecular flexibility index (Phi) is 3.80. The predicted molar refractivity (Wildman–Crippen MR) is 73.6 cm³/mol. The number of rotatable bonds is 3. The average molecular weight is 291 g/mol. The van der Waals surface area contributed by atoms with Gasteiger partial charge < -0.3 is 14.7 Å². The molecule has 1 fully saturated rings. The molecular weight excluding hydrogens is 274 g/mol. The van der Waals surface area contributed by atoms with E-state index in [9.17, 15) is 9.90 Å². The summed E-state index contributed by atoms with van der Waals surface area (Å²) in [7, 11) is 0. The smallest absolute Gasteiger partial charge is 0.256 e. The highest BCUT2D eigenvalue weighted by Crippen LogP contribution is 2.19. The van der Waals surface area contributed by atoms with Crippen molar-refractivity contribution in [2.24, 2.45) is 0 Å². The van der Waals surface area contributed by atoms with Crippen LogP contribution in [0.25, 0.3) is 11.2 Å². The van der Waals surface area contributed by atoms with Gasteiger partial charge in [-0.05, 0) is 19.4 Å². The molecule has 2 atom stereocenters. The lowest BCUT2D eigenvalue weighted by Gasteiger charge is -2.36. The van der Waals surface area contributed by atoms with Crippen molar-refractivity contribution < 1.29 is 14.6 Å². The van der Waals surface area contributed by atoms with Crippen LogP contribution in [-0.2, 0) is 4.74 Å². The molecule has 0 saturated carbocycles. The Morgan fingerprint density at radius 2 is 2.48 bits per heavy atom. The summed E-state index contributed by atoms with van der Waals surface area (Å²) in [6.07, 6.45) is 1.54. The minimum atomic E-state index is -0.489. The quantitative estimate of drug-likeness (QED) is 0.822. The molecular formula is C13H17N5O3. The molecule has 1 aliphatic rings. The van der Waals surface area contributed by atoms with E-state index in [2.05, 4.69) is 20.4 Å². The van der Waals surface area contributed by atoms with E-state index in [0.29, 0.717) is 42.9 Å². The number of fused-ring (bicyclic) bond motifs is 1. The first-order valence-electron chi connectivity index (χ1n) is 6.89. The number of nitrogens with one attached hydrogen (secondary N) is 1. The standard InChI is InChI=1S/C13H17N5O3/c1-8(19)6-9-7-21-5-4-18(9)13(20)10-2-3-14-12-11(10)15-17-16-12/h2-3,8-9,19H,4-7H2,1H3,(H,14,15,16,17). The number of amides is 1. The van der Waals surface area contributed by atoms with E-state index in [1.807, 2.05) is 0 Å².